The van der Waals surface area contributed by atoms with Crippen molar-refractivity contribution in [1.82, 2.24) is 5.32 Å². The summed E-state index contributed by atoms with van der Waals surface area (Å²) in [6.07, 6.45) is 1.02. The number of rotatable bonds is 2. The molecular formula is C11H18BrNO3. The van der Waals surface area contributed by atoms with Gasteiger partial charge in [0.1, 0.15) is 6.10 Å². The van der Waals surface area contributed by atoms with E-state index in [1.165, 1.54) is 6.20 Å². The van der Waals surface area contributed by atoms with Crippen molar-refractivity contribution < 1.29 is 14.3 Å². The SMILES string of the molecule is CC1(C)OCC(C)(C)C(C(=O)NC=CBr)O1. The largest absolute Gasteiger partial charge is 0.350 e. The minimum absolute atomic E-state index is 0.155. The lowest BCUT2D eigenvalue weighted by Gasteiger charge is -2.44. The Morgan fingerprint density at radius 2 is 2.06 bits per heavy atom. The average molecular weight is 292 g/mol. The van der Waals surface area contributed by atoms with Crippen LogP contribution in [0.5, 0.6) is 0 Å². The van der Waals surface area contributed by atoms with Crippen molar-refractivity contribution >= 4 is 21.8 Å². The van der Waals surface area contributed by atoms with Gasteiger partial charge in [0.2, 0.25) is 0 Å². The van der Waals surface area contributed by atoms with Gasteiger partial charge in [0.15, 0.2) is 5.79 Å². The normalized spacial score (nSPS) is 27.9. The van der Waals surface area contributed by atoms with Crippen molar-refractivity contribution in [2.75, 3.05) is 6.61 Å². The predicted molar refractivity (Wildman–Crippen MR) is 64.9 cm³/mol. The molecule has 0 spiro atoms. The number of ether oxygens (including phenoxy) is 2. The highest BCUT2D eigenvalue weighted by molar-refractivity contribution is 9.11. The molecule has 1 amide bonds. The zero-order valence-electron chi connectivity index (χ0n) is 10.0. The maximum atomic E-state index is 11.9. The minimum atomic E-state index is -0.713. The fourth-order valence-electron chi connectivity index (χ4n) is 1.51. The van der Waals surface area contributed by atoms with E-state index in [9.17, 15) is 4.79 Å². The molecule has 5 heteroatoms. The molecule has 0 aliphatic carbocycles. The smallest absolute Gasteiger partial charge is 0.253 e. The fourth-order valence-corrected chi connectivity index (χ4v) is 1.64. The first-order chi connectivity index (χ1) is 7.28. The summed E-state index contributed by atoms with van der Waals surface area (Å²) in [5.41, 5.74) is -0.334. The lowest BCUT2D eigenvalue weighted by atomic mass is 9.85. The summed E-state index contributed by atoms with van der Waals surface area (Å²) in [5, 5.41) is 2.65. The molecule has 0 aromatic rings. The molecule has 1 atom stereocenters. The Bertz CT molecular complexity index is 300. The lowest BCUT2D eigenvalue weighted by molar-refractivity contribution is -0.303. The summed E-state index contributed by atoms with van der Waals surface area (Å²) in [6.45, 7) is 8.01. The van der Waals surface area contributed by atoms with E-state index in [-0.39, 0.29) is 11.3 Å². The molecule has 0 aromatic carbocycles. The molecule has 16 heavy (non-hydrogen) atoms. The Labute approximate surface area is 104 Å². The Morgan fingerprint density at radius 1 is 1.44 bits per heavy atom. The average Bonchev–Trinajstić information content (AvgIpc) is 2.19. The number of hydrogen-bond acceptors (Lipinski definition) is 3. The number of halogens is 1. The standard InChI is InChI=1S/C11H18BrNO3/c1-10(2)7-15-11(3,4)16-8(10)9(14)13-6-5-12/h5-6,8H,7H2,1-4H3,(H,13,14). The van der Waals surface area contributed by atoms with Gasteiger partial charge in [-0.05, 0) is 18.8 Å². The van der Waals surface area contributed by atoms with Crippen LogP contribution in [0.25, 0.3) is 0 Å². The summed E-state index contributed by atoms with van der Waals surface area (Å²) in [5.74, 6) is -0.868. The summed E-state index contributed by atoms with van der Waals surface area (Å²) in [6, 6.07) is 0. The fraction of sp³-hybridized carbons (Fsp3) is 0.727. The lowest BCUT2D eigenvalue weighted by Crippen LogP contribution is -2.55. The van der Waals surface area contributed by atoms with Gasteiger partial charge in [0, 0.05) is 11.6 Å². The van der Waals surface area contributed by atoms with Gasteiger partial charge in [-0.3, -0.25) is 4.79 Å². The Hall–Kier alpha value is -0.390. The number of nitrogens with one attached hydrogen (secondary N) is 1. The second-order valence-electron chi connectivity index (χ2n) is 4.98. The predicted octanol–water partition coefficient (Wildman–Crippen LogP) is 2.15. The van der Waals surface area contributed by atoms with Crippen LogP contribution in [0.3, 0.4) is 0 Å². The van der Waals surface area contributed by atoms with Crippen molar-refractivity contribution in [2.24, 2.45) is 5.41 Å². The first-order valence-electron chi connectivity index (χ1n) is 5.16. The zero-order valence-corrected chi connectivity index (χ0v) is 11.6. The number of carbonyl (C=O) groups excluding carboxylic acids is 1. The first-order valence-corrected chi connectivity index (χ1v) is 6.07. The summed E-state index contributed by atoms with van der Waals surface area (Å²) >= 11 is 3.09. The van der Waals surface area contributed by atoms with E-state index in [2.05, 4.69) is 21.2 Å². The molecule has 1 aliphatic heterocycles. The van der Waals surface area contributed by atoms with Crippen LogP contribution in [0, 0.1) is 5.41 Å². The second kappa shape index (κ2) is 4.85. The van der Waals surface area contributed by atoms with Crippen LogP contribution >= 0.6 is 15.9 Å². The van der Waals surface area contributed by atoms with Crippen LogP contribution in [0.15, 0.2) is 11.2 Å². The molecular weight excluding hydrogens is 274 g/mol. The summed E-state index contributed by atoms with van der Waals surface area (Å²) in [4.78, 5) is 13.5. The van der Waals surface area contributed by atoms with Gasteiger partial charge in [0.05, 0.1) is 6.61 Å². The summed E-state index contributed by atoms with van der Waals surface area (Å²) in [7, 11) is 0. The van der Waals surface area contributed by atoms with Crippen LogP contribution in [0.1, 0.15) is 27.7 Å². The van der Waals surface area contributed by atoms with Gasteiger partial charge in [-0.15, -0.1) is 0 Å². The van der Waals surface area contributed by atoms with Crippen LogP contribution in [-0.4, -0.2) is 24.4 Å². The molecule has 1 rings (SSSR count). The molecule has 1 unspecified atom stereocenters. The second-order valence-corrected chi connectivity index (χ2v) is 5.50. The molecule has 4 nitrogen and oxygen atoms in total. The molecule has 0 bridgehead atoms. The Morgan fingerprint density at radius 3 is 2.62 bits per heavy atom. The quantitative estimate of drug-likeness (QED) is 0.848. The van der Waals surface area contributed by atoms with E-state index < -0.39 is 11.9 Å². The van der Waals surface area contributed by atoms with Gasteiger partial charge in [0.25, 0.3) is 5.91 Å². The molecule has 1 fully saturated rings. The van der Waals surface area contributed by atoms with Crippen LogP contribution < -0.4 is 5.32 Å². The Balaban J connectivity index is 2.77. The van der Waals surface area contributed by atoms with E-state index >= 15 is 0 Å². The third kappa shape index (κ3) is 3.30. The van der Waals surface area contributed by atoms with E-state index in [1.54, 1.807) is 4.99 Å². The molecule has 1 aliphatic rings. The van der Waals surface area contributed by atoms with E-state index in [1.807, 2.05) is 27.7 Å². The highest BCUT2D eigenvalue weighted by Crippen LogP contribution is 2.34. The van der Waals surface area contributed by atoms with Crippen LogP contribution in [0.2, 0.25) is 0 Å². The number of carbonyl (C=O) groups is 1. The third-order valence-electron chi connectivity index (χ3n) is 2.43. The topological polar surface area (TPSA) is 47.6 Å². The van der Waals surface area contributed by atoms with Crippen molar-refractivity contribution in [3.63, 3.8) is 0 Å². The minimum Gasteiger partial charge on any atom is -0.350 e. The van der Waals surface area contributed by atoms with Gasteiger partial charge in [-0.25, -0.2) is 0 Å². The van der Waals surface area contributed by atoms with Gasteiger partial charge in [-0.2, -0.15) is 0 Å². The van der Waals surface area contributed by atoms with E-state index in [4.69, 9.17) is 9.47 Å². The molecule has 0 aromatic heterocycles. The zero-order chi connectivity index (χ0) is 12.4. The maximum Gasteiger partial charge on any atom is 0.253 e. The molecule has 0 radical (unpaired) electrons. The van der Waals surface area contributed by atoms with Crippen molar-refractivity contribution in [3.05, 3.63) is 11.2 Å². The van der Waals surface area contributed by atoms with Crippen LogP contribution in [0.4, 0.5) is 0 Å². The molecule has 1 heterocycles. The number of hydrogen-bond donors (Lipinski definition) is 1. The molecule has 1 N–H and O–H groups in total. The van der Waals surface area contributed by atoms with Gasteiger partial charge >= 0.3 is 0 Å². The van der Waals surface area contributed by atoms with Gasteiger partial charge < -0.3 is 14.8 Å². The van der Waals surface area contributed by atoms with Crippen molar-refractivity contribution in [1.29, 1.82) is 0 Å². The summed E-state index contributed by atoms with van der Waals surface area (Å²) < 4.78 is 11.2. The van der Waals surface area contributed by atoms with Crippen molar-refractivity contribution in [3.8, 4) is 0 Å². The molecule has 1 saturated heterocycles. The monoisotopic (exact) mass is 291 g/mol. The first kappa shape index (κ1) is 13.7. The highest BCUT2D eigenvalue weighted by atomic mass is 79.9. The highest BCUT2D eigenvalue weighted by Gasteiger charge is 2.45. The van der Waals surface area contributed by atoms with Crippen LogP contribution in [-0.2, 0) is 14.3 Å². The van der Waals surface area contributed by atoms with E-state index in [0.29, 0.717) is 6.61 Å². The Kier molecular flexibility index (Phi) is 4.15. The third-order valence-corrected chi connectivity index (χ3v) is 2.69. The molecule has 0 saturated carbocycles. The van der Waals surface area contributed by atoms with Gasteiger partial charge in [-0.1, -0.05) is 29.8 Å². The molecule has 92 valence electrons. The van der Waals surface area contributed by atoms with Crippen molar-refractivity contribution in [2.45, 2.75) is 39.6 Å². The number of amides is 1. The maximum absolute atomic E-state index is 11.9. The van der Waals surface area contributed by atoms with E-state index in [0.717, 1.165) is 0 Å².